The summed E-state index contributed by atoms with van der Waals surface area (Å²) in [6.07, 6.45) is -4.46. The van der Waals surface area contributed by atoms with Crippen LogP contribution in [0.2, 0.25) is 0 Å². The minimum Gasteiger partial charge on any atom is -0.336 e. The summed E-state index contributed by atoms with van der Waals surface area (Å²) in [5.74, 6) is 1.31. The SMILES string of the molecule is Cc1nnc(CN2CCN(C(=O)c3cccc(C(F)(F)F)c3)CC2)n1C. The van der Waals surface area contributed by atoms with Gasteiger partial charge in [0.25, 0.3) is 5.91 Å². The fraction of sp³-hybridized carbons (Fsp3) is 0.471. The quantitative estimate of drug-likeness (QED) is 0.834. The summed E-state index contributed by atoms with van der Waals surface area (Å²) in [7, 11) is 1.90. The predicted octanol–water partition coefficient (Wildman–Crippen LogP) is 2.10. The molecule has 2 aromatic rings. The number of hydrogen-bond acceptors (Lipinski definition) is 4. The van der Waals surface area contributed by atoms with E-state index in [1.165, 1.54) is 12.1 Å². The molecule has 0 aliphatic carbocycles. The maximum atomic E-state index is 12.8. The van der Waals surface area contributed by atoms with Crippen LogP contribution in [0.15, 0.2) is 24.3 Å². The summed E-state index contributed by atoms with van der Waals surface area (Å²) in [6.45, 7) is 4.70. The van der Waals surface area contributed by atoms with E-state index in [0.717, 1.165) is 23.8 Å². The number of rotatable bonds is 3. The van der Waals surface area contributed by atoms with E-state index in [0.29, 0.717) is 32.7 Å². The second-order valence-corrected chi connectivity index (χ2v) is 6.37. The van der Waals surface area contributed by atoms with Crippen molar-refractivity contribution in [2.24, 2.45) is 7.05 Å². The molecule has 0 bridgehead atoms. The fourth-order valence-electron chi connectivity index (χ4n) is 2.91. The van der Waals surface area contributed by atoms with Crippen molar-refractivity contribution in [1.29, 1.82) is 0 Å². The van der Waals surface area contributed by atoms with Crippen molar-refractivity contribution in [2.45, 2.75) is 19.6 Å². The van der Waals surface area contributed by atoms with E-state index >= 15 is 0 Å². The van der Waals surface area contributed by atoms with Gasteiger partial charge in [0.1, 0.15) is 11.6 Å². The predicted molar refractivity (Wildman–Crippen MR) is 88.4 cm³/mol. The van der Waals surface area contributed by atoms with Crippen molar-refractivity contribution in [2.75, 3.05) is 26.2 Å². The third-order valence-electron chi connectivity index (χ3n) is 4.64. The molecule has 1 aliphatic heterocycles. The lowest BCUT2D eigenvalue weighted by atomic mass is 10.1. The molecule has 1 fully saturated rings. The summed E-state index contributed by atoms with van der Waals surface area (Å²) in [6, 6.07) is 4.57. The minimum absolute atomic E-state index is 0.0669. The van der Waals surface area contributed by atoms with Crippen LogP contribution in [0, 0.1) is 6.92 Å². The van der Waals surface area contributed by atoms with E-state index in [1.54, 1.807) is 4.90 Å². The zero-order chi connectivity index (χ0) is 18.9. The van der Waals surface area contributed by atoms with Crippen LogP contribution in [-0.2, 0) is 19.8 Å². The maximum absolute atomic E-state index is 12.8. The number of amides is 1. The van der Waals surface area contributed by atoms with Crippen LogP contribution in [0.4, 0.5) is 13.2 Å². The van der Waals surface area contributed by atoms with Gasteiger partial charge in [-0.1, -0.05) is 6.07 Å². The molecule has 1 amide bonds. The molecule has 6 nitrogen and oxygen atoms in total. The van der Waals surface area contributed by atoms with Gasteiger partial charge in [-0.15, -0.1) is 10.2 Å². The third-order valence-corrected chi connectivity index (χ3v) is 4.64. The van der Waals surface area contributed by atoms with Gasteiger partial charge < -0.3 is 9.47 Å². The average molecular weight is 367 g/mol. The molecule has 140 valence electrons. The molecule has 1 aromatic carbocycles. The van der Waals surface area contributed by atoms with Crippen molar-refractivity contribution in [3.63, 3.8) is 0 Å². The number of carbonyl (C=O) groups excluding carboxylic acids is 1. The molecular weight excluding hydrogens is 347 g/mol. The van der Waals surface area contributed by atoms with Crippen molar-refractivity contribution in [3.8, 4) is 0 Å². The number of aryl methyl sites for hydroxylation is 1. The number of hydrogen-bond donors (Lipinski definition) is 0. The largest absolute Gasteiger partial charge is 0.416 e. The highest BCUT2D eigenvalue weighted by molar-refractivity contribution is 5.94. The lowest BCUT2D eigenvalue weighted by Gasteiger charge is -2.34. The number of nitrogens with zero attached hydrogens (tertiary/aromatic N) is 5. The van der Waals surface area contributed by atoms with Gasteiger partial charge in [0.2, 0.25) is 0 Å². The Hall–Kier alpha value is -2.42. The molecule has 0 atom stereocenters. The van der Waals surface area contributed by atoms with Crippen LogP contribution in [0.25, 0.3) is 0 Å². The van der Waals surface area contributed by atoms with E-state index in [9.17, 15) is 18.0 Å². The van der Waals surface area contributed by atoms with E-state index in [2.05, 4.69) is 15.1 Å². The molecule has 0 radical (unpaired) electrons. The first kappa shape index (κ1) is 18.4. The van der Waals surface area contributed by atoms with E-state index in [-0.39, 0.29) is 11.5 Å². The molecule has 26 heavy (non-hydrogen) atoms. The highest BCUT2D eigenvalue weighted by atomic mass is 19.4. The summed E-state index contributed by atoms with van der Waals surface area (Å²) in [5.41, 5.74) is -0.739. The maximum Gasteiger partial charge on any atom is 0.416 e. The van der Waals surface area contributed by atoms with Gasteiger partial charge in [-0.2, -0.15) is 13.2 Å². The number of aromatic nitrogens is 3. The zero-order valence-corrected chi connectivity index (χ0v) is 14.6. The lowest BCUT2D eigenvalue weighted by Crippen LogP contribution is -2.48. The van der Waals surface area contributed by atoms with E-state index < -0.39 is 11.7 Å². The van der Waals surface area contributed by atoms with Crippen molar-refractivity contribution in [3.05, 3.63) is 47.0 Å². The Morgan fingerprint density at radius 2 is 1.85 bits per heavy atom. The van der Waals surface area contributed by atoms with Crippen LogP contribution in [0.5, 0.6) is 0 Å². The van der Waals surface area contributed by atoms with Gasteiger partial charge in [-0.25, -0.2) is 0 Å². The van der Waals surface area contributed by atoms with Crippen molar-refractivity contribution >= 4 is 5.91 Å². The van der Waals surface area contributed by atoms with Crippen LogP contribution < -0.4 is 0 Å². The molecule has 0 spiro atoms. The second-order valence-electron chi connectivity index (χ2n) is 6.37. The first-order valence-corrected chi connectivity index (χ1v) is 8.29. The Morgan fingerprint density at radius 3 is 2.42 bits per heavy atom. The Kier molecular flexibility index (Phi) is 4.99. The van der Waals surface area contributed by atoms with Gasteiger partial charge in [0.05, 0.1) is 12.1 Å². The smallest absolute Gasteiger partial charge is 0.336 e. The van der Waals surface area contributed by atoms with Crippen LogP contribution in [0.3, 0.4) is 0 Å². The second kappa shape index (κ2) is 7.06. The molecule has 1 aliphatic rings. The Labute approximate surface area is 149 Å². The Bertz CT molecular complexity index is 794. The molecule has 2 heterocycles. The number of piperazine rings is 1. The number of alkyl halides is 3. The molecule has 0 unspecified atom stereocenters. The van der Waals surface area contributed by atoms with Crippen molar-refractivity contribution < 1.29 is 18.0 Å². The highest BCUT2D eigenvalue weighted by Gasteiger charge is 2.31. The summed E-state index contributed by atoms with van der Waals surface area (Å²) in [5, 5.41) is 8.15. The monoisotopic (exact) mass is 367 g/mol. The Morgan fingerprint density at radius 1 is 1.15 bits per heavy atom. The third kappa shape index (κ3) is 3.87. The molecule has 1 saturated heterocycles. The van der Waals surface area contributed by atoms with Gasteiger partial charge in [0, 0.05) is 38.8 Å². The van der Waals surface area contributed by atoms with Crippen LogP contribution in [-0.4, -0.2) is 56.7 Å². The molecular formula is C17H20F3N5O. The standard InChI is InChI=1S/C17H20F3N5O/c1-12-21-22-15(23(12)2)11-24-6-8-25(9-7-24)16(26)13-4-3-5-14(10-13)17(18,19)20/h3-5,10H,6-9,11H2,1-2H3. The molecule has 1 aromatic heterocycles. The normalized spacial score (nSPS) is 16.1. The molecule has 3 rings (SSSR count). The fourth-order valence-corrected chi connectivity index (χ4v) is 2.91. The zero-order valence-electron chi connectivity index (χ0n) is 14.6. The number of halogens is 3. The van der Waals surface area contributed by atoms with Crippen molar-refractivity contribution in [1.82, 2.24) is 24.6 Å². The lowest BCUT2D eigenvalue weighted by molar-refractivity contribution is -0.137. The first-order valence-electron chi connectivity index (χ1n) is 8.29. The van der Waals surface area contributed by atoms with Gasteiger partial charge in [-0.05, 0) is 25.1 Å². The summed E-state index contributed by atoms with van der Waals surface area (Å²) >= 11 is 0. The highest BCUT2D eigenvalue weighted by Crippen LogP contribution is 2.29. The topological polar surface area (TPSA) is 54.3 Å². The van der Waals surface area contributed by atoms with E-state index in [1.807, 2.05) is 18.5 Å². The summed E-state index contributed by atoms with van der Waals surface area (Å²) < 4.78 is 40.4. The Balaban J connectivity index is 1.61. The average Bonchev–Trinajstić information content (AvgIpc) is 2.93. The van der Waals surface area contributed by atoms with Gasteiger partial charge in [0.15, 0.2) is 0 Å². The van der Waals surface area contributed by atoms with E-state index in [4.69, 9.17) is 0 Å². The molecule has 0 saturated carbocycles. The number of carbonyl (C=O) groups is 1. The van der Waals surface area contributed by atoms with Crippen LogP contribution in [0.1, 0.15) is 27.6 Å². The first-order chi connectivity index (χ1) is 12.3. The van der Waals surface area contributed by atoms with Gasteiger partial charge >= 0.3 is 6.18 Å². The summed E-state index contributed by atoms with van der Waals surface area (Å²) in [4.78, 5) is 16.3. The molecule has 0 N–H and O–H groups in total. The number of benzene rings is 1. The van der Waals surface area contributed by atoms with Crippen LogP contribution >= 0.6 is 0 Å². The van der Waals surface area contributed by atoms with Gasteiger partial charge in [-0.3, -0.25) is 9.69 Å². The molecule has 9 heteroatoms. The minimum atomic E-state index is -4.46.